The quantitative estimate of drug-likeness (QED) is 0.186. The normalized spacial score (nSPS) is 13.2. The lowest BCUT2D eigenvalue weighted by atomic mass is 9.67. The molecule has 1 aliphatic rings. The minimum Gasteiger partial charge on any atom is -0.135 e. The molecule has 0 nitrogen and oxygen atoms in total. The predicted octanol–water partition coefficient (Wildman–Crippen LogP) is 12.4. The van der Waals surface area contributed by atoms with E-state index in [-0.39, 0.29) is 0 Å². The molecule has 0 bridgehead atoms. The van der Waals surface area contributed by atoms with E-state index in [4.69, 9.17) is 11.6 Å². The Hall–Kier alpha value is -4.95. The van der Waals surface area contributed by atoms with Crippen LogP contribution < -0.4 is 0 Å². The molecule has 212 valence electrons. The topological polar surface area (TPSA) is 0 Å². The fourth-order valence-corrected chi connectivity index (χ4v) is 8.96. The van der Waals surface area contributed by atoms with Crippen molar-refractivity contribution >= 4 is 43.1 Å². The van der Waals surface area contributed by atoms with Crippen molar-refractivity contribution in [3.8, 4) is 33.4 Å². The van der Waals surface area contributed by atoms with E-state index in [1.54, 1.807) is 0 Å². The molecule has 0 unspecified atom stereocenters. The first-order chi connectivity index (χ1) is 22.2. The van der Waals surface area contributed by atoms with Gasteiger partial charge >= 0.3 is 0 Å². The summed E-state index contributed by atoms with van der Waals surface area (Å²) in [6.45, 7) is 0. The van der Waals surface area contributed by atoms with Gasteiger partial charge < -0.3 is 0 Å². The number of hydrogen-bond acceptors (Lipinski definition) is 1. The minimum atomic E-state index is -0.460. The molecule has 0 saturated carbocycles. The summed E-state index contributed by atoms with van der Waals surface area (Å²) < 4.78 is 2.62. The van der Waals surface area contributed by atoms with Crippen LogP contribution in [0.5, 0.6) is 0 Å². The fraction of sp³-hybridized carbons (Fsp3) is 0.0233. The zero-order valence-corrected chi connectivity index (χ0v) is 25.9. The summed E-state index contributed by atoms with van der Waals surface area (Å²) >= 11 is 8.47. The van der Waals surface area contributed by atoms with E-state index in [1.807, 2.05) is 29.5 Å². The van der Waals surface area contributed by atoms with E-state index in [0.717, 1.165) is 16.1 Å². The van der Waals surface area contributed by atoms with E-state index >= 15 is 0 Å². The summed E-state index contributed by atoms with van der Waals surface area (Å²) in [6, 6.07) is 59.7. The van der Waals surface area contributed by atoms with Crippen molar-refractivity contribution in [2.75, 3.05) is 0 Å². The Labute approximate surface area is 271 Å². The van der Waals surface area contributed by atoms with Crippen LogP contribution in [-0.2, 0) is 5.41 Å². The molecular formula is C43H27ClS. The monoisotopic (exact) mass is 610 g/mol. The standard InChI is InChI=1S/C43H27ClS/c44-40-20-10-6-14-32(40)28-22-24-29(25-23-28)36-26-31(27-37-35-17-7-11-21-41(35)45-42(36)37)43(30-12-2-1-3-13-30)38-18-8-4-15-33(38)34-16-5-9-19-39(34)43/h1-27H. The van der Waals surface area contributed by atoms with Crippen molar-refractivity contribution in [2.24, 2.45) is 0 Å². The highest BCUT2D eigenvalue weighted by molar-refractivity contribution is 7.26. The Bertz CT molecular complexity index is 2340. The van der Waals surface area contributed by atoms with Crippen LogP contribution in [0.25, 0.3) is 53.6 Å². The number of benzene rings is 7. The van der Waals surface area contributed by atoms with Gasteiger partial charge in [0.1, 0.15) is 0 Å². The molecule has 0 fully saturated rings. The number of rotatable bonds is 4. The van der Waals surface area contributed by atoms with Gasteiger partial charge in [-0.05, 0) is 74.3 Å². The van der Waals surface area contributed by atoms with Gasteiger partial charge in [-0.1, -0.05) is 151 Å². The molecule has 7 aromatic carbocycles. The Kier molecular flexibility index (Phi) is 6.06. The average molecular weight is 611 g/mol. The third-order valence-corrected chi connectivity index (χ3v) is 11.0. The molecule has 0 spiro atoms. The van der Waals surface area contributed by atoms with Gasteiger partial charge in [-0.25, -0.2) is 0 Å². The highest BCUT2D eigenvalue weighted by Crippen LogP contribution is 2.57. The molecule has 0 radical (unpaired) electrons. The molecule has 0 atom stereocenters. The average Bonchev–Trinajstić information content (AvgIpc) is 3.63. The van der Waals surface area contributed by atoms with Crippen molar-refractivity contribution in [1.29, 1.82) is 0 Å². The van der Waals surface area contributed by atoms with Crippen molar-refractivity contribution in [1.82, 2.24) is 0 Å². The van der Waals surface area contributed by atoms with Crippen molar-refractivity contribution in [3.63, 3.8) is 0 Å². The smallest absolute Gasteiger partial charge is 0.0714 e. The molecule has 8 aromatic rings. The number of thiophene rings is 1. The molecule has 1 aliphatic carbocycles. The zero-order valence-electron chi connectivity index (χ0n) is 24.4. The molecule has 45 heavy (non-hydrogen) atoms. The SMILES string of the molecule is Clc1ccccc1-c1ccc(-c2cc(C3(c4ccccc4)c4ccccc4-c4ccccc43)cc3c2sc2ccccc23)cc1. The lowest BCUT2D eigenvalue weighted by Crippen LogP contribution is -2.28. The molecule has 0 amide bonds. The third kappa shape index (κ3) is 3.91. The number of fused-ring (bicyclic) bond motifs is 6. The molecule has 0 aliphatic heterocycles. The Morgan fingerprint density at radius 3 is 1.67 bits per heavy atom. The van der Waals surface area contributed by atoms with Crippen LogP contribution >= 0.6 is 22.9 Å². The lowest BCUT2D eigenvalue weighted by molar-refractivity contribution is 0.770. The largest absolute Gasteiger partial charge is 0.135 e. The first kappa shape index (κ1) is 26.5. The molecule has 9 rings (SSSR count). The number of halogens is 1. The first-order valence-corrected chi connectivity index (χ1v) is 16.5. The minimum absolute atomic E-state index is 0.460. The van der Waals surface area contributed by atoms with E-state index in [2.05, 4.69) is 146 Å². The van der Waals surface area contributed by atoms with Crippen molar-refractivity contribution in [3.05, 3.63) is 191 Å². The van der Waals surface area contributed by atoms with Crippen molar-refractivity contribution in [2.45, 2.75) is 5.41 Å². The molecule has 1 aromatic heterocycles. The maximum absolute atomic E-state index is 6.59. The number of hydrogen-bond donors (Lipinski definition) is 0. The van der Waals surface area contributed by atoms with Crippen molar-refractivity contribution < 1.29 is 0 Å². The second-order valence-corrected chi connectivity index (χ2v) is 13.2. The van der Waals surface area contributed by atoms with E-state index in [1.165, 1.54) is 64.7 Å². The van der Waals surface area contributed by atoms with Crippen LogP contribution in [0, 0.1) is 0 Å². The molecule has 1 heterocycles. The van der Waals surface area contributed by atoms with Gasteiger partial charge in [0.25, 0.3) is 0 Å². The van der Waals surface area contributed by atoms with Gasteiger partial charge in [-0.2, -0.15) is 0 Å². The van der Waals surface area contributed by atoms with Crippen LogP contribution in [0.15, 0.2) is 164 Å². The van der Waals surface area contributed by atoms with Crippen LogP contribution in [0.1, 0.15) is 22.3 Å². The Balaban J connectivity index is 1.38. The molecular weight excluding hydrogens is 584 g/mol. The highest BCUT2D eigenvalue weighted by Gasteiger charge is 2.46. The van der Waals surface area contributed by atoms with E-state index < -0.39 is 5.41 Å². The van der Waals surface area contributed by atoms with Gasteiger partial charge in [0.2, 0.25) is 0 Å². The van der Waals surface area contributed by atoms with Gasteiger partial charge in [0.15, 0.2) is 0 Å². The maximum atomic E-state index is 6.59. The second-order valence-electron chi connectivity index (χ2n) is 11.8. The molecule has 2 heteroatoms. The van der Waals surface area contributed by atoms with Gasteiger partial charge in [-0.15, -0.1) is 11.3 Å². The van der Waals surface area contributed by atoms with E-state index in [9.17, 15) is 0 Å². The van der Waals surface area contributed by atoms with Gasteiger partial charge in [-0.3, -0.25) is 0 Å². The fourth-order valence-electron chi connectivity index (χ4n) is 7.49. The summed E-state index contributed by atoms with van der Waals surface area (Å²) in [5.41, 5.74) is 12.0. The summed E-state index contributed by atoms with van der Waals surface area (Å²) in [6.07, 6.45) is 0. The predicted molar refractivity (Wildman–Crippen MR) is 193 cm³/mol. The summed E-state index contributed by atoms with van der Waals surface area (Å²) in [4.78, 5) is 0. The Morgan fingerprint density at radius 1 is 0.422 bits per heavy atom. The summed E-state index contributed by atoms with van der Waals surface area (Å²) in [5.74, 6) is 0. The van der Waals surface area contributed by atoms with Crippen LogP contribution in [-0.4, -0.2) is 0 Å². The summed E-state index contributed by atoms with van der Waals surface area (Å²) in [7, 11) is 0. The highest BCUT2D eigenvalue weighted by atomic mass is 35.5. The lowest BCUT2D eigenvalue weighted by Gasteiger charge is -2.34. The molecule has 0 N–H and O–H groups in total. The van der Waals surface area contributed by atoms with Gasteiger partial charge in [0.05, 0.1) is 5.41 Å². The zero-order chi connectivity index (χ0) is 30.0. The van der Waals surface area contributed by atoms with Crippen LogP contribution in [0.2, 0.25) is 5.02 Å². The molecule has 0 saturated heterocycles. The van der Waals surface area contributed by atoms with Gasteiger partial charge in [0, 0.05) is 30.8 Å². The van der Waals surface area contributed by atoms with Crippen LogP contribution in [0.3, 0.4) is 0 Å². The third-order valence-electron chi connectivity index (χ3n) is 9.45. The van der Waals surface area contributed by atoms with Crippen LogP contribution in [0.4, 0.5) is 0 Å². The summed E-state index contributed by atoms with van der Waals surface area (Å²) in [5, 5.41) is 3.37. The maximum Gasteiger partial charge on any atom is 0.0714 e. The first-order valence-electron chi connectivity index (χ1n) is 15.3. The Morgan fingerprint density at radius 2 is 0.978 bits per heavy atom. The second kappa shape index (κ2) is 10.3. The van der Waals surface area contributed by atoms with E-state index in [0.29, 0.717) is 0 Å².